The van der Waals surface area contributed by atoms with E-state index in [0.29, 0.717) is 12.8 Å². The zero-order valence-electron chi connectivity index (χ0n) is 13.9. The number of primary amides is 1. The second-order valence-electron chi connectivity index (χ2n) is 6.50. The molecule has 2 aromatic rings. The van der Waals surface area contributed by atoms with Crippen LogP contribution in [0.5, 0.6) is 0 Å². The number of hydrogen-bond acceptors (Lipinski definition) is 4. The summed E-state index contributed by atoms with van der Waals surface area (Å²) in [6, 6.07) is 14.6. The maximum absolute atomic E-state index is 11.9. The summed E-state index contributed by atoms with van der Waals surface area (Å²) in [7, 11) is 1.28. The lowest BCUT2D eigenvalue weighted by Crippen LogP contribution is -2.59. The van der Waals surface area contributed by atoms with Gasteiger partial charge in [0.05, 0.1) is 7.11 Å². The predicted molar refractivity (Wildman–Crippen MR) is 92.2 cm³/mol. The van der Waals surface area contributed by atoms with Crippen molar-refractivity contribution in [3.63, 3.8) is 0 Å². The number of methoxy groups -OCH3 is 1. The van der Waals surface area contributed by atoms with Crippen molar-refractivity contribution in [2.45, 2.75) is 31.8 Å². The first-order valence-electron chi connectivity index (χ1n) is 8.10. The van der Waals surface area contributed by atoms with Crippen LogP contribution in [0, 0.1) is 5.41 Å². The zero-order valence-corrected chi connectivity index (χ0v) is 13.9. The first kappa shape index (κ1) is 16.5. The van der Waals surface area contributed by atoms with Gasteiger partial charge in [0.25, 0.3) is 0 Å². The Morgan fingerprint density at radius 1 is 1.21 bits per heavy atom. The largest absolute Gasteiger partial charge is 0.468 e. The van der Waals surface area contributed by atoms with Gasteiger partial charge in [0.1, 0.15) is 5.41 Å². The Morgan fingerprint density at radius 2 is 1.88 bits per heavy atom. The number of amides is 1. The third-order valence-electron chi connectivity index (χ3n) is 5.01. The van der Waals surface area contributed by atoms with Gasteiger partial charge >= 0.3 is 5.97 Å². The lowest BCUT2D eigenvalue weighted by molar-refractivity contribution is -0.165. The van der Waals surface area contributed by atoms with Crippen LogP contribution in [0.25, 0.3) is 10.8 Å². The second-order valence-corrected chi connectivity index (χ2v) is 6.50. The molecule has 3 N–H and O–H groups in total. The number of esters is 1. The maximum Gasteiger partial charge on any atom is 0.321 e. The fraction of sp³-hybridized carbons (Fsp3) is 0.368. The minimum atomic E-state index is -1.18. The maximum atomic E-state index is 11.9. The molecule has 0 bridgehead atoms. The van der Waals surface area contributed by atoms with Crippen molar-refractivity contribution < 1.29 is 14.3 Å². The molecule has 1 aliphatic rings. The molecule has 3 rings (SSSR count). The fourth-order valence-electron chi connectivity index (χ4n) is 3.63. The quantitative estimate of drug-likeness (QED) is 0.652. The molecule has 1 saturated carbocycles. The van der Waals surface area contributed by atoms with Gasteiger partial charge in [0.2, 0.25) is 5.91 Å². The summed E-state index contributed by atoms with van der Waals surface area (Å²) in [5.41, 5.74) is 5.44. The molecule has 1 aliphatic carbocycles. The summed E-state index contributed by atoms with van der Waals surface area (Å²) in [6.07, 6.45) is 0.758. The van der Waals surface area contributed by atoms with Crippen LogP contribution in [-0.4, -0.2) is 25.0 Å². The SMILES string of the molecule is COC(=O)C1(C(N)=O)CC(N[C@H](C)c2cccc3ccccc23)C1. The summed E-state index contributed by atoms with van der Waals surface area (Å²) in [4.78, 5) is 23.6. The van der Waals surface area contributed by atoms with E-state index in [1.165, 1.54) is 23.4 Å². The van der Waals surface area contributed by atoms with Crippen molar-refractivity contribution in [1.82, 2.24) is 5.32 Å². The van der Waals surface area contributed by atoms with Gasteiger partial charge in [-0.25, -0.2) is 0 Å². The van der Waals surface area contributed by atoms with Gasteiger partial charge in [-0.3, -0.25) is 9.59 Å². The Kier molecular flexibility index (Phi) is 4.28. The van der Waals surface area contributed by atoms with E-state index in [-0.39, 0.29) is 12.1 Å². The summed E-state index contributed by atoms with van der Waals surface area (Å²) in [5.74, 6) is -1.14. The van der Waals surface area contributed by atoms with E-state index in [1.54, 1.807) is 0 Å². The van der Waals surface area contributed by atoms with Crippen molar-refractivity contribution in [3.05, 3.63) is 48.0 Å². The van der Waals surface area contributed by atoms with E-state index in [9.17, 15) is 9.59 Å². The van der Waals surface area contributed by atoms with Crippen LogP contribution >= 0.6 is 0 Å². The van der Waals surface area contributed by atoms with Gasteiger partial charge in [-0.2, -0.15) is 0 Å². The standard InChI is InChI=1S/C19H22N2O3/c1-12(15-9-5-7-13-6-3-4-8-16(13)15)21-14-10-19(11-14,17(20)22)18(23)24-2/h3-9,12,14,21H,10-11H2,1-2H3,(H2,20,22)/t12-,14?,19?/m1/s1. The number of carbonyl (C=O) groups is 2. The van der Waals surface area contributed by atoms with Gasteiger partial charge < -0.3 is 15.8 Å². The molecular formula is C19H22N2O3. The average Bonchev–Trinajstić information content (AvgIpc) is 2.55. The second kappa shape index (κ2) is 6.24. The van der Waals surface area contributed by atoms with Gasteiger partial charge in [0.15, 0.2) is 0 Å². The number of fused-ring (bicyclic) bond motifs is 1. The first-order valence-corrected chi connectivity index (χ1v) is 8.10. The number of nitrogens with two attached hydrogens (primary N) is 1. The van der Waals surface area contributed by atoms with Gasteiger partial charge in [0, 0.05) is 12.1 Å². The van der Waals surface area contributed by atoms with Gasteiger partial charge in [-0.15, -0.1) is 0 Å². The summed E-state index contributed by atoms with van der Waals surface area (Å²) in [5, 5.41) is 5.89. The fourth-order valence-corrected chi connectivity index (χ4v) is 3.63. The highest BCUT2D eigenvalue weighted by Crippen LogP contribution is 2.43. The van der Waals surface area contributed by atoms with Crippen molar-refractivity contribution in [3.8, 4) is 0 Å². The van der Waals surface area contributed by atoms with Crippen LogP contribution in [0.15, 0.2) is 42.5 Å². The lowest BCUT2D eigenvalue weighted by Gasteiger charge is -2.44. The molecule has 0 aromatic heterocycles. The Morgan fingerprint density at radius 3 is 2.54 bits per heavy atom. The van der Waals surface area contributed by atoms with Crippen molar-refractivity contribution in [2.24, 2.45) is 11.1 Å². The third-order valence-corrected chi connectivity index (χ3v) is 5.01. The minimum Gasteiger partial charge on any atom is -0.468 e. The number of nitrogens with one attached hydrogen (secondary N) is 1. The minimum absolute atomic E-state index is 0.0607. The van der Waals surface area contributed by atoms with Crippen LogP contribution < -0.4 is 11.1 Å². The van der Waals surface area contributed by atoms with Crippen LogP contribution in [0.4, 0.5) is 0 Å². The zero-order chi connectivity index (χ0) is 17.3. The first-order chi connectivity index (χ1) is 11.5. The van der Waals surface area contributed by atoms with Crippen LogP contribution in [0.2, 0.25) is 0 Å². The number of benzene rings is 2. The molecule has 24 heavy (non-hydrogen) atoms. The molecule has 1 amide bonds. The van der Waals surface area contributed by atoms with E-state index in [1.807, 2.05) is 18.2 Å². The molecule has 0 saturated heterocycles. The molecule has 5 heteroatoms. The smallest absolute Gasteiger partial charge is 0.321 e. The van der Waals surface area contributed by atoms with E-state index in [0.717, 1.165) is 0 Å². The van der Waals surface area contributed by atoms with E-state index >= 15 is 0 Å². The molecule has 126 valence electrons. The molecule has 0 spiro atoms. The normalized spacial score (nSPS) is 24.2. The van der Waals surface area contributed by atoms with E-state index in [2.05, 4.69) is 36.5 Å². The molecule has 1 fully saturated rings. The molecule has 0 aliphatic heterocycles. The molecular weight excluding hydrogens is 304 g/mol. The lowest BCUT2D eigenvalue weighted by atomic mass is 9.64. The van der Waals surface area contributed by atoms with Crippen LogP contribution in [0.1, 0.15) is 31.4 Å². The van der Waals surface area contributed by atoms with Crippen molar-refractivity contribution in [1.29, 1.82) is 0 Å². The van der Waals surface area contributed by atoms with Crippen LogP contribution in [-0.2, 0) is 14.3 Å². The highest BCUT2D eigenvalue weighted by molar-refractivity contribution is 6.03. The monoisotopic (exact) mass is 326 g/mol. The number of hydrogen-bond donors (Lipinski definition) is 2. The summed E-state index contributed by atoms with van der Waals surface area (Å²) >= 11 is 0. The van der Waals surface area contributed by atoms with Crippen LogP contribution in [0.3, 0.4) is 0 Å². The number of rotatable bonds is 5. The highest BCUT2D eigenvalue weighted by Gasteiger charge is 2.56. The molecule has 2 aromatic carbocycles. The molecule has 0 heterocycles. The Balaban J connectivity index is 1.74. The highest BCUT2D eigenvalue weighted by atomic mass is 16.5. The Labute approximate surface area is 141 Å². The summed E-state index contributed by atoms with van der Waals surface area (Å²) < 4.78 is 4.75. The number of ether oxygens (including phenoxy) is 1. The summed E-state index contributed by atoms with van der Waals surface area (Å²) in [6.45, 7) is 2.09. The Bertz CT molecular complexity index is 776. The molecule has 0 radical (unpaired) electrons. The van der Waals surface area contributed by atoms with E-state index in [4.69, 9.17) is 10.5 Å². The average molecular weight is 326 g/mol. The molecule has 1 atom stereocenters. The molecule has 5 nitrogen and oxygen atoms in total. The van der Waals surface area contributed by atoms with Gasteiger partial charge in [-0.1, -0.05) is 42.5 Å². The third kappa shape index (κ3) is 2.65. The number of carbonyl (C=O) groups excluding carboxylic acids is 2. The predicted octanol–water partition coefficient (Wildman–Crippen LogP) is 2.30. The van der Waals surface area contributed by atoms with Gasteiger partial charge in [-0.05, 0) is 36.1 Å². The van der Waals surface area contributed by atoms with Crippen molar-refractivity contribution in [2.75, 3.05) is 7.11 Å². The topological polar surface area (TPSA) is 81.4 Å². The molecule has 0 unspecified atom stereocenters. The van der Waals surface area contributed by atoms with E-state index < -0.39 is 17.3 Å². The van der Waals surface area contributed by atoms with Crippen molar-refractivity contribution >= 4 is 22.6 Å². The Hall–Kier alpha value is -2.40.